The maximum Gasteiger partial charge on any atom is 0.330 e. The molecule has 0 spiro atoms. The number of rotatable bonds is 8. The minimum atomic E-state index is -0.862. The second-order valence-electron chi connectivity index (χ2n) is 8.40. The Morgan fingerprint density at radius 3 is 2.53 bits per heavy atom. The first-order chi connectivity index (χ1) is 17.3. The molecule has 0 bridgehead atoms. The minimum Gasteiger partial charge on any atom is -0.383 e. The lowest BCUT2D eigenvalue weighted by molar-refractivity contribution is -0.124. The molecule has 0 radical (unpaired) electrons. The average molecular weight is 496 g/mol. The second-order valence-corrected chi connectivity index (χ2v) is 8.40. The monoisotopic (exact) mass is 495 g/mol. The lowest BCUT2D eigenvalue weighted by Crippen LogP contribution is -2.44. The van der Waals surface area contributed by atoms with E-state index in [4.69, 9.17) is 10.5 Å². The summed E-state index contributed by atoms with van der Waals surface area (Å²) in [5, 5.41) is 0. The Kier molecular flexibility index (Phi) is 7.30. The first-order valence-electron chi connectivity index (χ1n) is 11.3. The lowest BCUT2D eigenvalue weighted by atomic mass is 10.1. The smallest absolute Gasteiger partial charge is 0.330 e. The van der Waals surface area contributed by atoms with Crippen LogP contribution in [-0.4, -0.2) is 41.6 Å². The number of hydrogen-bond acceptors (Lipinski definition) is 6. The summed E-state index contributed by atoms with van der Waals surface area (Å²) in [6.07, 6.45) is -0.167. The molecule has 1 unspecified atom stereocenters. The van der Waals surface area contributed by atoms with Gasteiger partial charge >= 0.3 is 5.69 Å². The Balaban J connectivity index is 1.74. The Morgan fingerprint density at radius 2 is 1.83 bits per heavy atom. The fourth-order valence-corrected chi connectivity index (χ4v) is 4.27. The van der Waals surface area contributed by atoms with Crippen molar-refractivity contribution in [3.8, 4) is 0 Å². The van der Waals surface area contributed by atoms with Gasteiger partial charge in [0.2, 0.25) is 11.8 Å². The number of carbonyl (C=O) groups excluding carboxylic acids is 2. The van der Waals surface area contributed by atoms with Crippen molar-refractivity contribution in [3.63, 3.8) is 0 Å². The number of amides is 2. The number of benzene rings is 2. The minimum absolute atomic E-state index is 0.0280. The van der Waals surface area contributed by atoms with Crippen LogP contribution in [0.1, 0.15) is 12.0 Å². The molecule has 2 heterocycles. The van der Waals surface area contributed by atoms with Gasteiger partial charge in [-0.25, -0.2) is 9.18 Å². The fraction of sp³-hybridized carbons (Fsp3) is 0.280. The number of H-pyrrole nitrogens is 1. The van der Waals surface area contributed by atoms with Gasteiger partial charge in [0.1, 0.15) is 11.6 Å². The first kappa shape index (κ1) is 24.9. The van der Waals surface area contributed by atoms with Gasteiger partial charge in [-0.05, 0) is 17.7 Å². The molecule has 4 rings (SSSR count). The number of nitrogens with two attached hydrogens (primary N) is 1. The van der Waals surface area contributed by atoms with Crippen molar-refractivity contribution < 1.29 is 18.7 Å². The molecule has 188 valence electrons. The van der Waals surface area contributed by atoms with Gasteiger partial charge in [-0.2, -0.15) is 0 Å². The molecule has 1 saturated heterocycles. The van der Waals surface area contributed by atoms with Gasteiger partial charge in [-0.1, -0.05) is 42.5 Å². The van der Waals surface area contributed by atoms with E-state index in [1.807, 2.05) is 6.07 Å². The van der Waals surface area contributed by atoms with E-state index in [2.05, 4.69) is 4.98 Å². The summed E-state index contributed by atoms with van der Waals surface area (Å²) in [5.41, 5.74) is 5.28. The van der Waals surface area contributed by atoms with Gasteiger partial charge in [0, 0.05) is 20.1 Å². The van der Waals surface area contributed by atoms with Crippen LogP contribution >= 0.6 is 0 Å². The second kappa shape index (κ2) is 10.6. The van der Waals surface area contributed by atoms with Crippen molar-refractivity contribution in [3.05, 3.63) is 86.8 Å². The molecule has 1 aliphatic heterocycles. The van der Waals surface area contributed by atoms with Crippen LogP contribution in [-0.2, 0) is 27.4 Å². The third-order valence-electron chi connectivity index (χ3n) is 6.07. The van der Waals surface area contributed by atoms with Gasteiger partial charge in [-0.3, -0.25) is 28.8 Å². The molecule has 2 aromatic carbocycles. The Labute approximate surface area is 205 Å². The summed E-state index contributed by atoms with van der Waals surface area (Å²) >= 11 is 0. The van der Waals surface area contributed by atoms with E-state index in [9.17, 15) is 23.6 Å². The van der Waals surface area contributed by atoms with Crippen molar-refractivity contribution in [1.29, 1.82) is 0 Å². The molecule has 1 aromatic heterocycles. The van der Waals surface area contributed by atoms with Crippen molar-refractivity contribution in [2.45, 2.75) is 19.5 Å². The average Bonchev–Trinajstić information content (AvgIpc) is 3.25. The summed E-state index contributed by atoms with van der Waals surface area (Å²) in [7, 11) is 1.46. The molecule has 2 amide bonds. The van der Waals surface area contributed by atoms with Gasteiger partial charge in [0.15, 0.2) is 5.69 Å². The zero-order valence-electron chi connectivity index (χ0n) is 19.6. The summed E-state index contributed by atoms with van der Waals surface area (Å²) in [4.78, 5) is 56.5. The number of nitrogens with zero attached hydrogens (tertiary/aromatic N) is 3. The highest BCUT2D eigenvalue weighted by Crippen LogP contribution is 2.30. The predicted octanol–water partition coefficient (Wildman–Crippen LogP) is 1.49. The van der Waals surface area contributed by atoms with Crippen LogP contribution in [0.5, 0.6) is 0 Å². The highest BCUT2D eigenvalue weighted by Gasteiger charge is 2.39. The van der Waals surface area contributed by atoms with E-state index >= 15 is 0 Å². The van der Waals surface area contributed by atoms with E-state index in [-0.39, 0.29) is 49.9 Å². The normalized spacial score (nSPS) is 15.3. The lowest BCUT2D eigenvalue weighted by Gasteiger charge is -2.27. The Bertz CT molecular complexity index is 1390. The maximum absolute atomic E-state index is 14.4. The van der Waals surface area contributed by atoms with Crippen molar-refractivity contribution >= 4 is 29.0 Å². The largest absolute Gasteiger partial charge is 0.383 e. The fourth-order valence-electron chi connectivity index (χ4n) is 4.27. The van der Waals surface area contributed by atoms with Crippen LogP contribution in [0.2, 0.25) is 0 Å². The molecule has 1 fully saturated rings. The van der Waals surface area contributed by atoms with E-state index < -0.39 is 34.8 Å². The number of nitrogens with one attached hydrogen (secondary N) is 1. The molecule has 11 heteroatoms. The number of aromatic amines is 1. The number of nitrogen functional groups attached to an aromatic ring is 1. The summed E-state index contributed by atoms with van der Waals surface area (Å²) < 4.78 is 20.5. The predicted molar refractivity (Wildman–Crippen MR) is 132 cm³/mol. The molecule has 3 N–H and O–H groups in total. The zero-order valence-corrected chi connectivity index (χ0v) is 19.6. The van der Waals surface area contributed by atoms with E-state index in [0.717, 1.165) is 4.57 Å². The third kappa shape index (κ3) is 4.91. The van der Waals surface area contributed by atoms with Crippen LogP contribution in [0.25, 0.3) is 0 Å². The summed E-state index contributed by atoms with van der Waals surface area (Å²) in [5.74, 6) is -2.59. The first-order valence-corrected chi connectivity index (χ1v) is 11.3. The highest BCUT2D eigenvalue weighted by atomic mass is 19.1. The molecule has 1 aliphatic rings. The molecule has 3 aromatic rings. The highest BCUT2D eigenvalue weighted by molar-refractivity contribution is 6.05. The standard InChI is InChI=1S/C25H26FN5O5/c1-36-12-11-29-22(27)21(23(33)28-25(29)35)31(14-16-7-3-2-4-8-16)24(34)17-13-20(32)30(15-17)19-10-6-5-9-18(19)26/h2-10,17H,11-15,27H2,1H3,(H,28,33,35). The SMILES string of the molecule is COCCn1c(N)c(N(Cc2ccccc2)C(=O)C2CC(=O)N(c3ccccc3F)C2)c(=O)[nH]c1=O. The van der Waals surface area contributed by atoms with Crippen LogP contribution in [0.3, 0.4) is 0 Å². The Hall–Kier alpha value is -4.25. The molecule has 10 nitrogen and oxygen atoms in total. The number of para-hydroxylation sites is 1. The third-order valence-corrected chi connectivity index (χ3v) is 6.07. The number of methoxy groups -OCH3 is 1. The number of halogens is 1. The van der Waals surface area contributed by atoms with E-state index in [1.165, 1.54) is 35.1 Å². The number of ether oxygens (including phenoxy) is 1. The Morgan fingerprint density at radius 1 is 1.14 bits per heavy atom. The maximum atomic E-state index is 14.4. The molecular weight excluding hydrogens is 469 g/mol. The van der Waals surface area contributed by atoms with Crippen molar-refractivity contribution in [2.24, 2.45) is 5.92 Å². The van der Waals surface area contributed by atoms with Crippen LogP contribution in [0, 0.1) is 11.7 Å². The summed E-state index contributed by atoms with van der Waals surface area (Å²) in [6, 6.07) is 14.7. The summed E-state index contributed by atoms with van der Waals surface area (Å²) in [6.45, 7) is 0.114. The van der Waals surface area contributed by atoms with Crippen LogP contribution in [0.4, 0.5) is 21.6 Å². The number of aromatic nitrogens is 2. The number of carbonyl (C=O) groups is 2. The van der Waals surface area contributed by atoms with Gasteiger partial charge < -0.3 is 15.4 Å². The number of anilines is 3. The van der Waals surface area contributed by atoms with Crippen LogP contribution in [0.15, 0.2) is 64.2 Å². The van der Waals surface area contributed by atoms with E-state index in [1.54, 1.807) is 30.3 Å². The quantitative estimate of drug-likeness (QED) is 0.487. The van der Waals surface area contributed by atoms with Crippen LogP contribution < -0.4 is 26.8 Å². The van der Waals surface area contributed by atoms with E-state index in [0.29, 0.717) is 5.56 Å². The molecule has 0 saturated carbocycles. The van der Waals surface area contributed by atoms with Gasteiger partial charge in [-0.15, -0.1) is 0 Å². The zero-order chi connectivity index (χ0) is 25.8. The van der Waals surface area contributed by atoms with Crippen molar-refractivity contribution in [2.75, 3.05) is 35.8 Å². The molecular formula is C25H26FN5O5. The van der Waals surface area contributed by atoms with Crippen molar-refractivity contribution in [1.82, 2.24) is 9.55 Å². The van der Waals surface area contributed by atoms with Gasteiger partial charge in [0.05, 0.1) is 31.3 Å². The van der Waals surface area contributed by atoms with Gasteiger partial charge in [0.25, 0.3) is 5.56 Å². The number of hydrogen-bond donors (Lipinski definition) is 2. The molecule has 1 atom stereocenters. The topological polar surface area (TPSA) is 131 Å². The molecule has 0 aliphatic carbocycles. The molecule has 36 heavy (non-hydrogen) atoms.